The Morgan fingerprint density at radius 2 is 1.95 bits per heavy atom. The van der Waals surface area contributed by atoms with E-state index in [-0.39, 0.29) is 0 Å². The predicted octanol–water partition coefficient (Wildman–Crippen LogP) is 2.88. The maximum atomic E-state index is 5.48. The maximum Gasteiger partial charge on any atom is 0.225 e. The summed E-state index contributed by atoms with van der Waals surface area (Å²) < 4.78 is 10.9. The molecule has 1 aromatic heterocycles. The van der Waals surface area contributed by atoms with Gasteiger partial charge in [-0.2, -0.15) is 4.98 Å². The van der Waals surface area contributed by atoms with Crippen molar-refractivity contribution in [2.45, 2.75) is 39.5 Å². The molecule has 0 spiro atoms. The van der Waals surface area contributed by atoms with Crippen molar-refractivity contribution in [1.29, 1.82) is 0 Å². The number of hydrogen-bond donors (Lipinski definition) is 1. The van der Waals surface area contributed by atoms with Crippen molar-refractivity contribution in [3.8, 4) is 5.88 Å². The Hall–Kier alpha value is -1.36. The minimum absolute atomic E-state index is 0.613. The van der Waals surface area contributed by atoms with Crippen LogP contribution in [0.25, 0.3) is 0 Å². The quantitative estimate of drug-likeness (QED) is 0.625. The molecule has 0 fully saturated rings. The number of nitrogens with zero attached hydrogens (tertiary/aromatic N) is 2. The number of unbranched alkanes of at least 4 members (excludes halogenated alkanes) is 1. The molecule has 0 aromatic carbocycles. The summed E-state index contributed by atoms with van der Waals surface area (Å²) in [6.07, 6.45) is 5.94. The summed E-state index contributed by atoms with van der Waals surface area (Å²) in [7, 11) is 0. The number of anilines is 1. The lowest BCUT2D eigenvalue weighted by molar-refractivity contribution is 0.131. The third-order valence-corrected chi connectivity index (χ3v) is 2.47. The maximum absolute atomic E-state index is 5.48. The van der Waals surface area contributed by atoms with Crippen molar-refractivity contribution in [2.24, 2.45) is 0 Å². The van der Waals surface area contributed by atoms with Gasteiger partial charge in [0.15, 0.2) is 0 Å². The molecule has 0 unspecified atom stereocenters. The molecule has 0 bridgehead atoms. The van der Waals surface area contributed by atoms with E-state index in [1.165, 1.54) is 6.42 Å². The predicted molar refractivity (Wildman–Crippen MR) is 76.7 cm³/mol. The topological polar surface area (TPSA) is 56.3 Å². The van der Waals surface area contributed by atoms with Gasteiger partial charge in [0, 0.05) is 32.0 Å². The van der Waals surface area contributed by atoms with E-state index in [9.17, 15) is 0 Å². The van der Waals surface area contributed by atoms with Gasteiger partial charge in [-0.3, -0.25) is 0 Å². The summed E-state index contributed by atoms with van der Waals surface area (Å²) >= 11 is 0. The molecule has 5 heteroatoms. The number of rotatable bonds is 11. The number of aromatic nitrogens is 2. The Bertz CT molecular complexity index is 334. The fourth-order valence-electron chi connectivity index (χ4n) is 1.44. The van der Waals surface area contributed by atoms with Gasteiger partial charge < -0.3 is 14.8 Å². The molecule has 1 rings (SSSR count). The van der Waals surface area contributed by atoms with Gasteiger partial charge in [-0.25, -0.2) is 4.98 Å². The minimum atomic E-state index is 0.613. The average molecular weight is 267 g/mol. The summed E-state index contributed by atoms with van der Waals surface area (Å²) in [5.74, 6) is 1.24. The normalized spacial score (nSPS) is 10.4. The Balaban J connectivity index is 2.14. The van der Waals surface area contributed by atoms with Crippen LogP contribution < -0.4 is 10.1 Å². The average Bonchev–Trinajstić information content (AvgIpc) is 2.44. The highest BCUT2D eigenvalue weighted by molar-refractivity contribution is 5.27. The van der Waals surface area contributed by atoms with Crippen molar-refractivity contribution in [2.75, 3.05) is 31.7 Å². The molecule has 0 aliphatic heterocycles. The van der Waals surface area contributed by atoms with Gasteiger partial charge >= 0.3 is 0 Å². The highest BCUT2D eigenvalue weighted by atomic mass is 16.5. The zero-order valence-electron chi connectivity index (χ0n) is 12.0. The molecule has 0 atom stereocenters. The van der Waals surface area contributed by atoms with E-state index in [0.29, 0.717) is 18.4 Å². The van der Waals surface area contributed by atoms with E-state index in [0.717, 1.165) is 39.0 Å². The van der Waals surface area contributed by atoms with E-state index < -0.39 is 0 Å². The first kappa shape index (κ1) is 15.7. The van der Waals surface area contributed by atoms with Crippen LogP contribution in [0.3, 0.4) is 0 Å². The van der Waals surface area contributed by atoms with Crippen LogP contribution in [0, 0.1) is 0 Å². The van der Waals surface area contributed by atoms with Crippen LogP contribution in [0.1, 0.15) is 39.5 Å². The molecule has 0 saturated heterocycles. The fraction of sp³-hybridized carbons (Fsp3) is 0.714. The van der Waals surface area contributed by atoms with Crippen LogP contribution in [0.2, 0.25) is 0 Å². The van der Waals surface area contributed by atoms with Gasteiger partial charge in [0.2, 0.25) is 11.8 Å². The van der Waals surface area contributed by atoms with E-state index in [4.69, 9.17) is 9.47 Å². The van der Waals surface area contributed by atoms with E-state index in [1.54, 1.807) is 12.3 Å². The lowest BCUT2D eigenvalue weighted by Gasteiger charge is -2.07. The van der Waals surface area contributed by atoms with Crippen molar-refractivity contribution >= 4 is 5.95 Å². The summed E-state index contributed by atoms with van der Waals surface area (Å²) in [5.41, 5.74) is 0. The van der Waals surface area contributed by atoms with Crippen LogP contribution in [-0.2, 0) is 4.74 Å². The molecule has 0 saturated carbocycles. The third kappa shape index (κ3) is 7.62. The Morgan fingerprint density at radius 1 is 1.11 bits per heavy atom. The summed E-state index contributed by atoms with van der Waals surface area (Å²) in [6.45, 7) is 7.35. The highest BCUT2D eigenvalue weighted by Crippen LogP contribution is 2.08. The molecular weight excluding hydrogens is 242 g/mol. The van der Waals surface area contributed by atoms with E-state index >= 15 is 0 Å². The third-order valence-electron chi connectivity index (χ3n) is 2.47. The molecule has 5 nitrogen and oxygen atoms in total. The first-order chi connectivity index (χ1) is 9.36. The lowest BCUT2D eigenvalue weighted by atomic mass is 10.4. The van der Waals surface area contributed by atoms with Crippen molar-refractivity contribution in [3.63, 3.8) is 0 Å². The largest absolute Gasteiger partial charge is 0.478 e. The molecule has 1 N–H and O–H groups in total. The Morgan fingerprint density at radius 3 is 2.74 bits per heavy atom. The lowest BCUT2D eigenvalue weighted by Crippen LogP contribution is -2.09. The second-order valence-corrected chi connectivity index (χ2v) is 4.31. The smallest absolute Gasteiger partial charge is 0.225 e. The molecule has 1 aromatic rings. The van der Waals surface area contributed by atoms with Gasteiger partial charge in [-0.05, 0) is 19.3 Å². The molecule has 0 radical (unpaired) electrons. The van der Waals surface area contributed by atoms with Crippen molar-refractivity contribution < 1.29 is 9.47 Å². The molecule has 0 aliphatic rings. The molecule has 0 amide bonds. The summed E-state index contributed by atoms with van der Waals surface area (Å²) in [5, 5.41) is 3.17. The first-order valence-corrected chi connectivity index (χ1v) is 7.14. The molecule has 0 aliphatic carbocycles. The zero-order chi connectivity index (χ0) is 13.8. The van der Waals surface area contributed by atoms with Crippen molar-refractivity contribution in [1.82, 2.24) is 9.97 Å². The van der Waals surface area contributed by atoms with Gasteiger partial charge in [0.05, 0.1) is 6.61 Å². The zero-order valence-corrected chi connectivity index (χ0v) is 12.0. The van der Waals surface area contributed by atoms with Crippen molar-refractivity contribution in [3.05, 3.63) is 12.3 Å². The Labute approximate surface area is 115 Å². The summed E-state index contributed by atoms with van der Waals surface area (Å²) in [4.78, 5) is 8.42. The highest BCUT2D eigenvalue weighted by Gasteiger charge is 1.99. The van der Waals surface area contributed by atoms with Gasteiger partial charge in [-0.1, -0.05) is 20.3 Å². The van der Waals surface area contributed by atoms with E-state index in [1.807, 2.05) is 0 Å². The SMILES string of the molecule is CCCCOCCCNc1nccc(OCCC)n1. The monoisotopic (exact) mass is 267 g/mol. The number of nitrogens with one attached hydrogen (secondary N) is 1. The summed E-state index contributed by atoms with van der Waals surface area (Å²) in [6, 6.07) is 1.77. The molecular formula is C14H25N3O2. The van der Waals surface area contributed by atoms with Gasteiger partial charge in [0.25, 0.3) is 0 Å². The Kier molecular flexibility index (Phi) is 8.72. The van der Waals surface area contributed by atoms with Crippen LogP contribution in [0.15, 0.2) is 12.3 Å². The molecule has 108 valence electrons. The van der Waals surface area contributed by atoms with Crippen LogP contribution in [-0.4, -0.2) is 36.3 Å². The second kappa shape index (κ2) is 10.6. The first-order valence-electron chi connectivity index (χ1n) is 7.14. The van der Waals surface area contributed by atoms with Gasteiger partial charge in [-0.15, -0.1) is 0 Å². The second-order valence-electron chi connectivity index (χ2n) is 4.31. The standard InChI is InChI=1S/C14H25N3O2/c1-3-5-11-18-12-6-8-15-14-16-9-7-13(17-14)19-10-4-2/h7,9H,3-6,8,10-12H2,1-2H3,(H,15,16,17). The van der Waals surface area contributed by atoms with Crippen LogP contribution in [0.4, 0.5) is 5.95 Å². The van der Waals surface area contributed by atoms with Crippen LogP contribution >= 0.6 is 0 Å². The number of ether oxygens (including phenoxy) is 2. The minimum Gasteiger partial charge on any atom is -0.478 e. The van der Waals surface area contributed by atoms with E-state index in [2.05, 4.69) is 29.1 Å². The molecule has 1 heterocycles. The van der Waals surface area contributed by atoms with Gasteiger partial charge in [0.1, 0.15) is 0 Å². The molecule has 19 heavy (non-hydrogen) atoms. The van der Waals surface area contributed by atoms with Crippen LogP contribution in [0.5, 0.6) is 5.88 Å². The number of hydrogen-bond acceptors (Lipinski definition) is 5. The fourth-order valence-corrected chi connectivity index (χ4v) is 1.44.